The summed E-state index contributed by atoms with van der Waals surface area (Å²) in [5.74, 6) is -0.293. The molecular formula is C15H18O2. The van der Waals surface area contributed by atoms with Gasteiger partial charge in [-0.15, -0.1) is 0 Å². The first-order chi connectivity index (χ1) is 8.33. The van der Waals surface area contributed by atoms with E-state index in [0.29, 0.717) is 6.61 Å². The Labute approximate surface area is 103 Å². The van der Waals surface area contributed by atoms with Crippen molar-refractivity contribution < 1.29 is 9.53 Å². The molecule has 1 aromatic carbocycles. The molecule has 0 unspecified atom stereocenters. The Morgan fingerprint density at radius 1 is 1.24 bits per heavy atom. The Kier molecular flexibility index (Phi) is 6.49. The van der Waals surface area contributed by atoms with Crippen molar-refractivity contribution in [3.8, 4) is 0 Å². The van der Waals surface area contributed by atoms with E-state index in [1.54, 1.807) is 6.08 Å². The minimum absolute atomic E-state index is 0.293. The van der Waals surface area contributed by atoms with Gasteiger partial charge in [0.2, 0.25) is 0 Å². The summed E-state index contributed by atoms with van der Waals surface area (Å²) in [7, 11) is 0. The van der Waals surface area contributed by atoms with Gasteiger partial charge in [-0.25, -0.2) is 4.79 Å². The summed E-state index contributed by atoms with van der Waals surface area (Å²) in [5.41, 5.74) is 0.996. The predicted octanol–water partition coefficient (Wildman–Crippen LogP) is 3.60. The van der Waals surface area contributed by atoms with E-state index >= 15 is 0 Å². The van der Waals surface area contributed by atoms with Crippen molar-refractivity contribution in [2.45, 2.75) is 19.8 Å². The van der Waals surface area contributed by atoms with Crippen LogP contribution in [0.25, 0.3) is 6.08 Å². The zero-order chi connectivity index (χ0) is 12.3. The summed E-state index contributed by atoms with van der Waals surface area (Å²) >= 11 is 0. The maximum absolute atomic E-state index is 11.3. The SMILES string of the molecule is CC/C=C/CCOC(=O)/C=C/c1ccccc1. The van der Waals surface area contributed by atoms with Crippen LogP contribution in [-0.2, 0) is 9.53 Å². The van der Waals surface area contributed by atoms with Gasteiger partial charge in [0.05, 0.1) is 6.61 Å². The first kappa shape index (κ1) is 13.2. The lowest BCUT2D eigenvalue weighted by Crippen LogP contribution is -2.01. The van der Waals surface area contributed by atoms with E-state index in [9.17, 15) is 4.79 Å². The van der Waals surface area contributed by atoms with Gasteiger partial charge in [-0.05, 0) is 24.5 Å². The highest BCUT2D eigenvalue weighted by Gasteiger charge is 1.94. The van der Waals surface area contributed by atoms with E-state index in [4.69, 9.17) is 4.74 Å². The zero-order valence-corrected chi connectivity index (χ0v) is 10.1. The molecule has 0 spiro atoms. The number of rotatable bonds is 6. The average Bonchev–Trinajstić information content (AvgIpc) is 2.37. The van der Waals surface area contributed by atoms with Crippen LogP contribution in [0.3, 0.4) is 0 Å². The number of hydrogen-bond donors (Lipinski definition) is 0. The third-order valence-electron chi connectivity index (χ3n) is 2.14. The topological polar surface area (TPSA) is 26.3 Å². The van der Waals surface area contributed by atoms with Crippen LogP contribution in [0.4, 0.5) is 0 Å². The maximum Gasteiger partial charge on any atom is 0.330 e. The highest BCUT2D eigenvalue weighted by Crippen LogP contribution is 2.01. The minimum Gasteiger partial charge on any atom is -0.462 e. The standard InChI is InChI=1S/C15H18O2/c1-2-3-4-8-13-17-15(16)12-11-14-9-6-5-7-10-14/h3-7,9-12H,2,8,13H2,1H3/b4-3+,12-11+. The number of carbonyl (C=O) groups is 1. The summed E-state index contributed by atoms with van der Waals surface area (Å²) in [6, 6.07) is 9.68. The number of allylic oxidation sites excluding steroid dienone is 1. The van der Waals surface area contributed by atoms with Gasteiger partial charge < -0.3 is 4.74 Å². The molecule has 0 aromatic heterocycles. The van der Waals surface area contributed by atoms with Crippen LogP contribution in [0.2, 0.25) is 0 Å². The Hall–Kier alpha value is -1.83. The van der Waals surface area contributed by atoms with E-state index in [1.807, 2.05) is 36.4 Å². The normalized spacial score (nSPS) is 11.1. The Morgan fingerprint density at radius 2 is 2.00 bits per heavy atom. The molecule has 90 valence electrons. The lowest BCUT2D eigenvalue weighted by atomic mass is 10.2. The molecule has 0 bridgehead atoms. The average molecular weight is 230 g/mol. The van der Waals surface area contributed by atoms with Crippen molar-refractivity contribution in [3.63, 3.8) is 0 Å². The molecule has 0 atom stereocenters. The molecule has 0 saturated heterocycles. The smallest absolute Gasteiger partial charge is 0.330 e. The number of hydrogen-bond acceptors (Lipinski definition) is 2. The van der Waals surface area contributed by atoms with Crippen LogP contribution < -0.4 is 0 Å². The molecule has 1 rings (SSSR count). The van der Waals surface area contributed by atoms with E-state index in [0.717, 1.165) is 18.4 Å². The Morgan fingerprint density at radius 3 is 2.71 bits per heavy atom. The summed E-state index contributed by atoms with van der Waals surface area (Å²) in [4.78, 5) is 11.3. The quantitative estimate of drug-likeness (QED) is 0.323. The van der Waals surface area contributed by atoms with Crippen LogP contribution in [0.1, 0.15) is 25.3 Å². The van der Waals surface area contributed by atoms with E-state index < -0.39 is 0 Å². The first-order valence-corrected chi connectivity index (χ1v) is 5.88. The molecular weight excluding hydrogens is 212 g/mol. The highest BCUT2D eigenvalue weighted by molar-refractivity contribution is 5.86. The molecule has 0 heterocycles. The van der Waals surface area contributed by atoms with Gasteiger partial charge in [0.25, 0.3) is 0 Å². The molecule has 1 aromatic rings. The maximum atomic E-state index is 11.3. The lowest BCUT2D eigenvalue weighted by molar-refractivity contribution is -0.137. The fraction of sp³-hybridized carbons (Fsp3) is 0.267. The van der Waals surface area contributed by atoms with E-state index in [2.05, 4.69) is 13.0 Å². The van der Waals surface area contributed by atoms with Crippen LogP contribution in [-0.4, -0.2) is 12.6 Å². The summed E-state index contributed by atoms with van der Waals surface area (Å²) in [6.45, 7) is 2.51. The number of benzene rings is 1. The van der Waals surface area contributed by atoms with Crippen LogP contribution in [0, 0.1) is 0 Å². The second-order valence-electron chi connectivity index (χ2n) is 3.58. The molecule has 17 heavy (non-hydrogen) atoms. The van der Waals surface area contributed by atoms with Crippen molar-refractivity contribution >= 4 is 12.0 Å². The van der Waals surface area contributed by atoms with Crippen molar-refractivity contribution in [2.75, 3.05) is 6.61 Å². The number of esters is 1. The third kappa shape index (κ3) is 6.36. The summed E-state index contributed by atoms with van der Waals surface area (Å²) in [6.07, 6.45) is 9.09. The molecule has 0 aliphatic heterocycles. The van der Waals surface area contributed by atoms with E-state index in [1.165, 1.54) is 6.08 Å². The van der Waals surface area contributed by atoms with Gasteiger partial charge in [-0.3, -0.25) is 0 Å². The predicted molar refractivity (Wildman–Crippen MR) is 70.5 cm³/mol. The van der Waals surface area contributed by atoms with Crippen LogP contribution >= 0.6 is 0 Å². The van der Waals surface area contributed by atoms with Crippen molar-refractivity contribution in [3.05, 3.63) is 54.1 Å². The van der Waals surface area contributed by atoms with E-state index in [-0.39, 0.29) is 5.97 Å². The fourth-order valence-corrected chi connectivity index (χ4v) is 1.29. The fourth-order valence-electron chi connectivity index (χ4n) is 1.29. The van der Waals surface area contributed by atoms with Gasteiger partial charge in [0.1, 0.15) is 0 Å². The third-order valence-corrected chi connectivity index (χ3v) is 2.14. The molecule has 0 aliphatic carbocycles. The summed E-state index contributed by atoms with van der Waals surface area (Å²) < 4.78 is 5.03. The Bertz CT molecular complexity index is 377. The molecule has 0 N–H and O–H groups in total. The molecule has 2 nitrogen and oxygen atoms in total. The van der Waals surface area contributed by atoms with Crippen molar-refractivity contribution in [2.24, 2.45) is 0 Å². The highest BCUT2D eigenvalue weighted by atomic mass is 16.5. The lowest BCUT2D eigenvalue weighted by Gasteiger charge is -1.98. The van der Waals surface area contributed by atoms with Crippen molar-refractivity contribution in [1.29, 1.82) is 0 Å². The molecule has 0 amide bonds. The largest absolute Gasteiger partial charge is 0.462 e. The molecule has 2 heteroatoms. The molecule has 0 radical (unpaired) electrons. The minimum atomic E-state index is -0.293. The van der Waals surface area contributed by atoms with Gasteiger partial charge in [-0.1, -0.05) is 49.4 Å². The molecule has 0 saturated carbocycles. The number of carbonyl (C=O) groups excluding carboxylic acids is 1. The molecule has 0 aliphatic rings. The van der Waals surface area contributed by atoms with Crippen LogP contribution in [0.5, 0.6) is 0 Å². The van der Waals surface area contributed by atoms with Crippen LogP contribution in [0.15, 0.2) is 48.6 Å². The Balaban J connectivity index is 2.25. The van der Waals surface area contributed by atoms with Gasteiger partial charge >= 0.3 is 5.97 Å². The number of ether oxygens (including phenoxy) is 1. The second-order valence-corrected chi connectivity index (χ2v) is 3.58. The monoisotopic (exact) mass is 230 g/mol. The summed E-state index contributed by atoms with van der Waals surface area (Å²) in [5, 5.41) is 0. The van der Waals surface area contributed by atoms with Crippen molar-refractivity contribution in [1.82, 2.24) is 0 Å². The first-order valence-electron chi connectivity index (χ1n) is 5.88. The molecule has 0 fully saturated rings. The van der Waals surface area contributed by atoms with Gasteiger partial charge in [0, 0.05) is 6.08 Å². The van der Waals surface area contributed by atoms with Gasteiger partial charge in [-0.2, -0.15) is 0 Å². The second kappa shape index (κ2) is 8.34. The van der Waals surface area contributed by atoms with Gasteiger partial charge in [0.15, 0.2) is 0 Å². The zero-order valence-electron chi connectivity index (χ0n) is 10.1.